The Morgan fingerprint density at radius 3 is 2.32 bits per heavy atom. The lowest BCUT2D eigenvalue weighted by molar-refractivity contribution is 0.118. The fourth-order valence-corrected chi connectivity index (χ4v) is 2.80. The molecule has 0 radical (unpaired) electrons. The van der Waals surface area contributed by atoms with E-state index in [0.717, 1.165) is 26.2 Å². The van der Waals surface area contributed by atoms with Crippen molar-refractivity contribution >= 4 is 0 Å². The predicted octanol–water partition coefficient (Wildman–Crippen LogP) is 2.57. The Balaban J connectivity index is 2.33. The van der Waals surface area contributed by atoms with Gasteiger partial charge in [-0.25, -0.2) is 0 Å². The molecule has 0 fully saturated rings. The largest absolute Gasteiger partial charge is 0.382 e. The molecule has 2 aliphatic rings. The number of hydrogen-bond donors (Lipinski definition) is 1. The van der Waals surface area contributed by atoms with Gasteiger partial charge in [-0.15, -0.1) is 0 Å². The van der Waals surface area contributed by atoms with Crippen LogP contribution in [0, 0.1) is 0 Å². The van der Waals surface area contributed by atoms with Gasteiger partial charge in [0.1, 0.15) is 0 Å². The summed E-state index contributed by atoms with van der Waals surface area (Å²) in [6.07, 6.45) is 4.55. The minimum Gasteiger partial charge on any atom is -0.382 e. The van der Waals surface area contributed by atoms with Crippen LogP contribution in [0.1, 0.15) is 41.5 Å². The normalized spacial score (nSPS) is 22.1. The SMILES string of the molecule is CC(C)(C)N1CC=CC2=C(C1)N(C(C)(C)C)CCN2. The van der Waals surface area contributed by atoms with Crippen LogP contribution in [0.4, 0.5) is 0 Å². The second-order valence-corrected chi connectivity index (χ2v) is 7.56. The lowest BCUT2D eigenvalue weighted by Crippen LogP contribution is -2.52. The highest BCUT2D eigenvalue weighted by Crippen LogP contribution is 2.28. The van der Waals surface area contributed by atoms with Crippen LogP contribution >= 0.6 is 0 Å². The van der Waals surface area contributed by atoms with Gasteiger partial charge >= 0.3 is 0 Å². The number of hydrogen-bond acceptors (Lipinski definition) is 3. The van der Waals surface area contributed by atoms with E-state index in [1.165, 1.54) is 11.4 Å². The van der Waals surface area contributed by atoms with Gasteiger partial charge in [0.25, 0.3) is 0 Å². The summed E-state index contributed by atoms with van der Waals surface area (Å²) in [5.41, 5.74) is 3.15. The van der Waals surface area contributed by atoms with Crippen LogP contribution in [0.25, 0.3) is 0 Å². The summed E-state index contributed by atoms with van der Waals surface area (Å²) in [5.74, 6) is 0. The third-order valence-corrected chi connectivity index (χ3v) is 4.00. The minimum atomic E-state index is 0.185. The molecule has 2 heterocycles. The average Bonchev–Trinajstić information content (AvgIpc) is 2.47. The summed E-state index contributed by atoms with van der Waals surface area (Å²) in [7, 11) is 0. The van der Waals surface area contributed by atoms with E-state index in [1.807, 2.05) is 0 Å². The van der Waals surface area contributed by atoms with Gasteiger partial charge in [-0.1, -0.05) is 6.08 Å². The zero-order valence-corrected chi connectivity index (χ0v) is 13.4. The van der Waals surface area contributed by atoms with Crippen LogP contribution in [0.2, 0.25) is 0 Å². The Labute approximate surface area is 118 Å². The number of allylic oxidation sites excluding steroid dienone is 1. The van der Waals surface area contributed by atoms with E-state index in [9.17, 15) is 0 Å². The summed E-state index contributed by atoms with van der Waals surface area (Å²) in [4.78, 5) is 5.10. The molecule has 2 aliphatic heterocycles. The van der Waals surface area contributed by atoms with Gasteiger partial charge in [-0.2, -0.15) is 0 Å². The van der Waals surface area contributed by atoms with Crippen molar-refractivity contribution in [3.05, 3.63) is 23.5 Å². The summed E-state index contributed by atoms with van der Waals surface area (Å²) in [6, 6.07) is 0. The van der Waals surface area contributed by atoms with Crippen molar-refractivity contribution in [3.63, 3.8) is 0 Å². The second kappa shape index (κ2) is 4.86. The molecule has 3 heteroatoms. The number of rotatable bonds is 0. The van der Waals surface area contributed by atoms with Crippen molar-refractivity contribution < 1.29 is 0 Å². The molecule has 1 N–H and O–H groups in total. The first-order valence-corrected chi connectivity index (χ1v) is 7.36. The molecule has 0 amide bonds. The molecule has 0 aromatic rings. The van der Waals surface area contributed by atoms with Crippen LogP contribution < -0.4 is 5.32 Å². The first-order chi connectivity index (χ1) is 8.69. The highest BCUT2D eigenvalue weighted by Gasteiger charge is 2.32. The van der Waals surface area contributed by atoms with Gasteiger partial charge in [0.2, 0.25) is 0 Å². The molecule has 0 saturated carbocycles. The van der Waals surface area contributed by atoms with Crippen molar-refractivity contribution in [2.75, 3.05) is 26.2 Å². The van der Waals surface area contributed by atoms with E-state index in [4.69, 9.17) is 0 Å². The fourth-order valence-electron chi connectivity index (χ4n) is 2.80. The van der Waals surface area contributed by atoms with Crippen LogP contribution in [-0.2, 0) is 0 Å². The van der Waals surface area contributed by atoms with E-state index < -0.39 is 0 Å². The van der Waals surface area contributed by atoms with Crippen LogP contribution in [0.5, 0.6) is 0 Å². The summed E-state index contributed by atoms with van der Waals surface area (Å²) in [6.45, 7) is 18.0. The van der Waals surface area contributed by atoms with Gasteiger partial charge in [-0.05, 0) is 47.6 Å². The van der Waals surface area contributed by atoms with Crippen LogP contribution in [-0.4, -0.2) is 47.1 Å². The Kier molecular flexibility index (Phi) is 3.69. The molecular formula is C16H29N3. The average molecular weight is 263 g/mol. The lowest BCUT2D eigenvalue weighted by atomic mass is 10.0. The smallest absolute Gasteiger partial charge is 0.0546 e. The molecule has 0 aliphatic carbocycles. The lowest BCUT2D eigenvalue weighted by Gasteiger charge is -2.45. The molecule has 19 heavy (non-hydrogen) atoms. The van der Waals surface area contributed by atoms with Crippen molar-refractivity contribution in [1.82, 2.24) is 15.1 Å². The first kappa shape index (κ1) is 14.4. The minimum absolute atomic E-state index is 0.185. The molecule has 0 aromatic carbocycles. The van der Waals surface area contributed by atoms with E-state index in [2.05, 4.69) is 68.8 Å². The first-order valence-electron chi connectivity index (χ1n) is 7.36. The topological polar surface area (TPSA) is 18.5 Å². The van der Waals surface area contributed by atoms with Crippen molar-refractivity contribution in [1.29, 1.82) is 0 Å². The standard InChI is InChI=1S/C16H29N3/c1-15(2,3)18-10-7-8-13-14(12-18)19(11-9-17-13)16(4,5)6/h7-8,17H,9-12H2,1-6H3. The summed E-state index contributed by atoms with van der Waals surface area (Å²) in [5, 5.41) is 3.56. The molecule has 0 atom stereocenters. The quantitative estimate of drug-likeness (QED) is 0.724. The van der Waals surface area contributed by atoms with Gasteiger partial charge in [-0.3, -0.25) is 4.90 Å². The Morgan fingerprint density at radius 1 is 1.05 bits per heavy atom. The predicted molar refractivity (Wildman–Crippen MR) is 82.0 cm³/mol. The van der Waals surface area contributed by atoms with Crippen molar-refractivity contribution in [2.24, 2.45) is 0 Å². The van der Waals surface area contributed by atoms with Crippen LogP contribution in [0.15, 0.2) is 23.5 Å². The number of nitrogens with zero attached hydrogens (tertiary/aromatic N) is 2. The Hall–Kier alpha value is -0.960. The molecule has 0 saturated heterocycles. The molecule has 2 rings (SSSR count). The van der Waals surface area contributed by atoms with E-state index in [-0.39, 0.29) is 11.1 Å². The van der Waals surface area contributed by atoms with Crippen molar-refractivity contribution in [2.45, 2.75) is 52.6 Å². The maximum atomic E-state index is 3.56. The van der Waals surface area contributed by atoms with E-state index >= 15 is 0 Å². The Bertz CT molecular complexity index is 393. The maximum Gasteiger partial charge on any atom is 0.0546 e. The zero-order valence-electron chi connectivity index (χ0n) is 13.4. The molecular weight excluding hydrogens is 234 g/mol. The number of nitrogens with one attached hydrogen (secondary N) is 1. The van der Waals surface area contributed by atoms with Crippen LogP contribution in [0.3, 0.4) is 0 Å². The molecule has 0 spiro atoms. The molecule has 0 unspecified atom stereocenters. The summed E-state index contributed by atoms with van der Waals surface area (Å²) >= 11 is 0. The van der Waals surface area contributed by atoms with Gasteiger partial charge in [0.05, 0.1) is 11.4 Å². The third-order valence-electron chi connectivity index (χ3n) is 4.00. The van der Waals surface area contributed by atoms with E-state index in [1.54, 1.807) is 0 Å². The summed E-state index contributed by atoms with van der Waals surface area (Å²) < 4.78 is 0. The highest BCUT2D eigenvalue weighted by molar-refractivity contribution is 5.30. The van der Waals surface area contributed by atoms with Gasteiger partial charge in [0.15, 0.2) is 0 Å². The molecule has 108 valence electrons. The third kappa shape index (κ3) is 3.14. The van der Waals surface area contributed by atoms with E-state index in [0.29, 0.717) is 0 Å². The van der Waals surface area contributed by atoms with Crippen molar-refractivity contribution in [3.8, 4) is 0 Å². The maximum absolute atomic E-state index is 3.56. The van der Waals surface area contributed by atoms with Gasteiger partial charge in [0, 0.05) is 37.3 Å². The molecule has 0 bridgehead atoms. The highest BCUT2D eigenvalue weighted by atomic mass is 15.3. The molecule has 3 nitrogen and oxygen atoms in total. The van der Waals surface area contributed by atoms with Gasteiger partial charge < -0.3 is 10.2 Å². The second-order valence-electron chi connectivity index (χ2n) is 7.56. The zero-order chi connectivity index (χ0) is 14.3. The fraction of sp³-hybridized carbons (Fsp3) is 0.750. The monoisotopic (exact) mass is 263 g/mol. The molecule has 0 aromatic heterocycles. The Morgan fingerprint density at radius 2 is 1.74 bits per heavy atom.